The minimum Gasteiger partial charge on any atom is -0.477 e. The van der Waals surface area contributed by atoms with Crippen molar-refractivity contribution >= 4 is 34.4 Å². The second-order valence-electron chi connectivity index (χ2n) is 8.12. The van der Waals surface area contributed by atoms with Crippen LogP contribution in [0, 0.1) is 0 Å². The second kappa shape index (κ2) is 10.1. The maximum Gasteiger partial charge on any atom is 0.352 e. The molecule has 0 radical (unpaired) electrons. The van der Waals surface area contributed by atoms with E-state index in [9.17, 15) is 14.7 Å². The van der Waals surface area contributed by atoms with E-state index in [0.29, 0.717) is 17.3 Å². The Kier molecular flexibility index (Phi) is 7.03. The molecule has 0 bridgehead atoms. The summed E-state index contributed by atoms with van der Waals surface area (Å²) in [5.74, 6) is -0.530. The van der Waals surface area contributed by atoms with Gasteiger partial charge in [-0.25, -0.2) is 14.6 Å². The highest BCUT2D eigenvalue weighted by molar-refractivity contribution is 6.30. The number of para-hydroxylation sites is 1. The summed E-state index contributed by atoms with van der Waals surface area (Å²) in [7, 11) is 1.35. The molecule has 2 heterocycles. The van der Waals surface area contributed by atoms with Crippen LogP contribution in [0.15, 0.2) is 54.6 Å². The van der Waals surface area contributed by atoms with E-state index in [0.717, 1.165) is 47.2 Å². The lowest BCUT2D eigenvalue weighted by Crippen LogP contribution is -2.15. The lowest BCUT2D eigenvalue weighted by atomic mass is 10.1. The molecule has 0 atom stereocenters. The first-order valence-electron chi connectivity index (χ1n) is 11.2. The number of carboxylic acids is 1. The number of benzene rings is 2. The van der Waals surface area contributed by atoms with Crippen molar-refractivity contribution in [1.29, 1.82) is 0 Å². The summed E-state index contributed by atoms with van der Waals surface area (Å²) in [6.07, 6.45) is 2.73. The average molecular weight is 480 g/mol. The molecule has 0 saturated carbocycles. The van der Waals surface area contributed by atoms with Crippen molar-refractivity contribution in [3.8, 4) is 0 Å². The maximum atomic E-state index is 12.0. The number of carbonyl (C=O) groups is 2. The smallest absolute Gasteiger partial charge is 0.352 e. The Morgan fingerprint density at radius 3 is 2.47 bits per heavy atom. The molecule has 7 nitrogen and oxygen atoms in total. The van der Waals surface area contributed by atoms with Crippen molar-refractivity contribution in [2.75, 3.05) is 7.11 Å². The quantitative estimate of drug-likeness (QED) is 0.324. The predicted molar refractivity (Wildman–Crippen MR) is 131 cm³/mol. The van der Waals surface area contributed by atoms with Gasteiger partial charge in [0, 0.05) is 23.9 Å². The summed E-state index contributed by atoms with van der Waals surface area (Å²) in [6, 6.07) is 16.5. The molecule has 0 saturated heterocycles. The number of unbranched alkanes of at least 4 members (excludes halogenated alkanes) is 1. The molecule has 0 aliphatic rings. The number of carbonyl (C=O) groups excluding carboxylic acids is 1. The Labute approximate surface area is 202 Å². The van der Waals surface area contributed by atoms with E-state index in [2.05, 4.69) is 16.5 Å². The minimum atomic E-state index is -0.997. The fourth-order valence-corrected chi connectivity index (χ4v) is 4.38. The van der Waals surface area contributed by atoms with Crippen LogP contribution in [-0.2, 0) is 24.2 Å². The second-order valence-corrected chi connectivity index (χ2v) is 8.48. The third-order valence-corrected chi connectivity index (χ3v) is 6.21. The molecular formula is C26H26ClN3O4. The number of rotatable bonds is 9. The third-order valence-electron chi connectivity index (χ3n) is 5.91. The van der Waals surface area contributed by atoms with Gasteiger partial charge in [-0.1, -0.05) is 55.3 Å². The molecule has 1 N–H and O–H groups in total. The monoisotopic (exact) mass is 479 g/mol. The van der Waals surface area contributed by atoms with Gasteiger partial charge < -0.3 is 19.0 Å². The molecule has 2 aromatic heterocycles. The maximum absolute atomic E-state index is 12.0. The summed E-state index contributed by atoms with van der Waals surface area (Å²) >= 11 is 6.63. The van der Waals surface area contributed by atoms with Gasteiger partial charge in [-0.3, -0.25) is 0 Å². The van der Waals surface area contributed by atoms with Crippen LogP contribution in [0.1, 0.15) is 57.7 Å². The number of fused-ring (bicyclic) bond motifs is 1. The Balaban J connectivity index is 1.76. The summed E-state index contributed by atoms with van der Waals surface area (Å²) < 4.78 is 8.61. The van der Waals surface area contributed by atoms with Gasteiger partial charge in [0.2, 0.25) is 0 Å². The van der Waals surface area contributed by atoms with E-state index >= 15 is 0 Å². The Morgan fingerprint density at radius 2 is 1.79 bits per heavy atom. The van der Waals surface area contributed by atoms with Crippen molar-refractivity contribution in [2.24, 2.45) is 0 Å². The number of aryl methyl sites for hydroxylation is 1. The zero-order valence-corrected chi connectivity index (χ0v) is 19.9. The zero-order valence-electron chi connectivity index (χ0n) is 19.1. The molecule has 0 unspecified atom stereocenters. The molecule has 0 aliphatic carbocycles. The van der Waals surface area contributed by atoms with Gasteiger partial charge in [0.15, 0.2) is 5.15 Å². The van der Waals surface area contributed by atoms with Gasteiger partial charge in [0.05, 0.1) is 24.9 Å². The van der Waals surface area contributed by atoms with Crippen LogP contribution in [0.5, 0.6) is 0 Å². The van der Waals surface area contributed by atoms with Crippen molar-refractivity contribution in [3.05, 3.63) is 88.1 Å². The molecular weight excluding hydrogens is 454 g/mol. The number of carboxylic acid groups (broad SMARTS) is 1. The molecule has 4 aromatic rings. The first-order chi connectivity index (χ1) is 16.4. The van der Waals surface area contributed by atoms with Crippen LogP contribution >= 0.6 is 11.6 Å². The highest BCUT2D eigenvalue weighted by Crippen LogP contribution is 2.26. The summed E-state index contributed by atoms with van der Waals surface area (Å²) in [4.78, 5) is 28.4. The molecule has 0 aliphatic heterocycles. The van der Waals surface area contributed by atoms with Gasteiger partial charge in [-0.05, 0) is 36.2 Å². The van der Waals surface area contributed by atoms with Gasteiger partial charge in [0.1, 0.15) is 11.5 Å². The lowest BCUT2D eigenvalue weighted by molar-refractivity contribution is 0.0599. The SMILES string of the molecule is CCCCc1nc(Cl)c(Cn2c(C(=O)O)cc3ccccc32)n1Cc1ccc(C(=O)OC)cc1. The zero-order chi connectivity index (χ0) is 24.2. The van der Waals surface area contributed by atoms with Crippen molar-refractivity contribution in [3.63, 3.8) is 0 Å². The molecule has 4 rings (SSSR count). The Hall–Kier alpha value is -3.58. The van der Waals surface area contributed by atoms with Gasteiger partial charge in [-0.2, -0.15) is 0 Å². The predicted octanol–water partition coefficient (Wildman–Crippen LogP) is 5.42. The van der Waals surface area contributed by atoms with E-state index in [4.69, 9.17) is 16.3 Å². The first-order valence-corrected chi connectivity index (χ1v) is 11.5. The number of aromatic carboxylic acids is 1. The van der Waals surface area contributed by atoms with Crippen LogP contribution in [0.2, 0.25) is 5.15 Å². The molecule has 0 amide bonds. The van der Waals surface area contributed by atoms with Crippen LogP contribution in [0.3, 0.4) is 0 Å². The van der Waals surface area contributed by atoms with Crippen LogP contribution < -0.4 is 0 Å². The number of hydrogen-bond donors (Lipinski definition) is 1. The number of ether oxygens (including phenoxy) is 1. The van der Waals surface area contributed by atoms with E-state index in [1.54, 1.807) is 22.8 Å². The number of esters is 1. The Bertz CT molecular complexity index is 1340. The van der Waals surface area contributed by atoms with Crippen molar-refractivity contribution < 1.29 is 19.4 Å². The number of imidazole rings is 1. The first kappa shape index (κ1) is 23.6. The van der Waals surface area contributed by atoms with Gasteiger partial charge >= 0.3 is 11.9 Å². The molecule has 2 aromatic carbocycles. The molecule has 176 valence electrons. The molecule has 8 heteroatoms. The fraction of sp³-hybridized carbons (Fsp3) is 0.269. The summed E-state index contributed by atoms with van der Waals surface area (Å²) in [5, 5.41) is 11.0. The topological polar surface area (TPSA) is 86.4 Å². The van der Waals surface area contributed by atoms with Crippen LogP contribution in [0.25, 0.3) is 10.9 Å². The van der Waals surface area contributed by atoms with Crippen LogP contribution in [0.4, 0.5) is 0 Å². The number of hydrogen-bond acceptors (Lipinski definition) is 4. The lowest BCUT2D eigenvalue weighted by Gasteiger charge is -2.15. The third kappa shape index (κ3) is 4.70. The average Bonchev–Trinajstić information content (AvgIpc) is 3.36. The number of halogens is 1. The fourth-order valence-electron chi connectivity index (χ4n) is 4.12. The summed E-state index contributed by atoms with van der Waals surface area (Å²) in [5.41, 5.74) is 3.21. The van der Waals surface area contributed by atoms with E-state index < -0.39 is 5.97 Å². The van der Waals surface area contributed by atoms with Gasteiger partial charge in [-0.15, -0.1) is 0 Å². The molecule has 34 heavy (non-hydrogen) atoms. The van der Waals surface area contributed by atoms with E-state index in [-0.39, 0.29) is 18.2 Å². The normalized spacial score (nSPS) is 11.1. The summed E-state index contributed by atoms with van der Waals surface area (Å²) in [6.45, 7) is 2.89. The highest BCUT2D eigenvalue weighted by Gasteiger charge is 2.21. The van der Waals surface area contributed by atoms with Gasteiger partial charge in [0.25, 0.3) is 0 Å². The van der Waals surface area contributed by atoms with Crippen molar-refractivity contribution in [2.45, 2.75) is 39.3 Å². The van der Waals surface area contributed by atoms with Crippen LogP contribution in [-0.4, -0.2) is 38.3 Å². The van der Waals surface area contributed by atoms with E-state index in [1.807, 2.05) is 36.4 Å². The Morgan fingerprint density at radius 1 is 1.06 bits per heavy atom. The highest BCUT2D eigenvalue weighted by atomic mass is 35.5. The van der Waals surface area contributed by atoms with E-state index in [1.165, 1.54) is 7.11 Å². The molecule has 0 spiro atoms. The largest absolute Gasteiger partial charge is 0.477 e. The number of nitrogens with zero attached hydrogens (tertiary/aromatic N) is 3. The number of methoxy groups -OCH3 is 1. The number of aromatic nitrogens is 3. The standard InChI is InChI=1S/C26H26ClN3O4/c1-3-4-9-23-28-24(27)22(30(23)15-17-10-12-18(13-11-17)26(33)34-2)16-29-20-8-6-5-7-19(20)14-21(29)25(31)32/h5-8,10-14H,3-4,9,15-16H2,1-2H3,(H,31,32). The minimum absolute atomic E-state index is 0.197. The molecule has 0 fully saturated rings. The van der Waals surface area contributed by atoms with Crippen molar-refractivity contribution in [1.82, 2.24) is 14.1 Å².